The van der Waals surface area contributed by atoms with Gasteiger partial charge in [0.15, 0.2) is 0 Å². The topological polar surface area (TPSA) is 80.9 Å². The Bertz CT molecular complexity index is 630. The summed E-state index contributed by atoms with van der Waals surface area (Å²) in [6.07, 6.45) is 2.13. The Morgan fingerprint density at radius 2 is 2.25 bits per heavy atom. The highest BCUT2D eigenvalue weighted by Gasteiger charge is 2.10. The molecule has 0 bridgehead atoms. The third-order valence-corrected chi connectivity index (χ3v) is 3.00. The van der Waals surface area contributed by atoms with Gasteiger partial charge in [0, 0.05) is 12.7 Å². The van der Waals surface area contributed by atoms with Crippen molar-refractivity contribution in [3.8, 4) is 0 Å². The van der Waals surface area contributed by atoms with E-state index in [9.17, 15) is 4.79 Å². The van der Waals surface area contributed by atoms with Crippen molar-refractivity contribution in [2.45, 2.75) is 13.3 Å². The summed E-state index contributed by atoms with van der Waals surface area (Å²) in [7, 11) is 0. The number of aromatic nitrogens is 2. The van der Waals surface area contributed by atoms with Gasteiger partial charge in [-0.05, 0) is 30.5 Å². The number of hydrogen-bond donors (Lipinski definition) is 2. The summed E-state index contributed by atoms with van der Waals surface area (Å²) in [6, 6.07) is 8.23. The van der Waals surface area contributed by atoms with Gasteiger partial charge in [-0.25, -0.2) is 4.98 Å². The number of nitrogens with zero attached hydrogens (tertiary/aromatic N) is 2. The van der Waals surface area contributed by atoms with Crippen molar-refractivity contribution in [2.75, 3.05) is 11.9 Å². The van der Waals surface area contributed by atoms with Crippen LogP contribution in [0.1, 0.15) is 21.5 Å². The molecule has 104 valence electrons. The average molecular weight is 291 g/mol. The van der Waals surface area contributed by atoms with E-state index >= 15 is 0 Å². The van der Waals surface area contributed by atoms with Crippen LogP contribution in [-0.4, -0.2) is 22.4 Å². The first kappa shape index (κ1) is 14.3. The third-order valence-electron chi connectivity index (χ3n) is 2.81. The van der Waals surface area contributed by atoms with Crippen LogP contribution in [-0.2, 0) is 6.42 Å². The van der Waals surface area contributed by atoms with Gasteiger partial charge in [0.2, 0.25) is 5.28 Å². The molecule has 1 aromatic heterocycles. The molecule has 0 atom stereocenters. The first-order valence-electron chi connectivity index (χ1n) is 6.18. The minimum atomic E-state index is -0.584. The van der Waals surface area contributed by atoms with Gasteiger partial charge >= 0.3 is 0 Å². The monoisotopic (exact) mass is 290 g/mol. The quantitative estimate of drug-likeness (QED) is 0.827. The second kappa shape index (κ2) is 6.34. The van der Waals surface area contributed by atoms with Crippen molar-refractivity contribution in [1.29, 1.82) is 0 Å². The van der Waals surface area contributed by atoms with Crippen LogP contribution >= 0.6 is 11.6 Å². The summed E-state index contributed by atoms with van der Waals surface area (Å²) >= 11 is 5.72. The SMILES string of the molecule is Cc1cccc(CCNc2nc(Cl)ncc2C(N)=O)c1. The standard InChI is InChI=1S/C14H15ClN4O/c1-9-3-2-4-10(7-9)5-6-17-13-11(12(16)20)8-18-14(15)19-13/h2-4,7-8H,5-6H2,1H3,(H2,16,20)(H,17,18,19). The van der Waals surface area contributed by atoms with Gasteiger partial charge in [0.1, 0.15) is 5.82 Å². The summed E-state index contributed by atoms with van der Waals surface area (Å²) in [6.45, 7) is 2.67. The van der Waals surface area contributed by atoms with E-state index in [-0.39, 0.29) is 10.8 Å². The number of carbonyl (C=O) groups excluding carboxylic acids is 1. The normalized spacial score (nSPS) is 10.3. The van der Waals surface area contributed by atoms with Gasteiger partial charge < -0.3 is 11.1 Å². The van der Waals surface area contributed by atoms with Crippen molar-refractivity contribution in [1.82, 2.24) is 9.97 Å². The van der Waals surface area contributed by atoms with Crippen LogP contribution in [0.2, 0.25) is 5.28 Å². The van der Waals surface area contributed by atoms with Gasteiger partial charge in [-0.15, -0.1) is 0 Å². The van der Waals surface area contributed by atoms with E-state index in [4.69, 9.17) is 17.3 Å². The molecule has 2 aromatic rings. The van der Waals surface area contributed by atoms with E-state index in [0.29, 0.717) is 12.4 Å². The lowest BCUT2D eigenvalue weighted by Crippen LogP contribution is -2.17. The third kappa shape index (κ3) is 3.68. The predicted molar refractivity (Wildman–Crippen MR) is 78.9 cm³/mol. The van der Waals surface area contributed by atoms with Gasteiger partial charge in [-0.2, -0.15) is 4.98 Å². The molecule has 5 nitrogen and oxygen atoms in total. The van der Waals surface area contributed by atoms with Crippen LogP contribution in [0.4, 0.5) is 5.82 Å². The molecule has 1 aromatic carbocycles. The van der Waals surface area contributed by atoms with Crippen LogP contribution in [0.3, 0.4) is 0 Å². The Kier molecular flexibility index (Phi) is 4.53. The molecule has 1 heterocycles. The van der Waals surface area contributed by atoms with Crippen molar-refractivity contribution in [3.63, 3.8) is 0 Å². The van der Waals surface area contributed by atoms with Crippen LogP contribution in [0.15, 0.2) is 30.5 Å². The molecule has 0 fully saturated rings. The second-order valence-electron chi connectivity index (χ2n) is 4.43. The molecule has 1 amide bonds. The van der Waals surface area contributed by atoms with E-state index in [1.165, 1.54) is 17.3 Å². The van der Waals surface area contributed by atoms with Crippen LogP contribution in [0, 0.1) is 6.92 Å². The Labute approximate surface area is 122 Å². The fourth-order valence-corrected chi connectivity index (χ4v) is 2.00. The number of hydrogen-bond acceptors (Lipinski definition) is 4. The molecule has 0 saturated heterocycles. The molecule has 0 aliphatic rings. The predicted octanol–water partition coefficient (Wildman–Crippen LogP) is 2.19. The molecule has 0 spiro atoms. The average Bonchev–Trinajstić information content (AvgIpc) is 2.38. The molecule has 6 heteroatoms. The highest BCUT2D eigenvalue weighted by Crippen LogP contribution is 2.14. The fraction of sp³-hybridized carbons (Fsp3) is 0.214. The zero-order valence-electron chi connectivity index (χ0n) is 11.1. The molecule has 0 radical (unpaired) electrons. The van der Waals surface area contributed by atoms with Crippen molar-refractivity contribution in [2.24, 2.45) is 5.73 Å². The van der Waals surface area contributed by atoms with E-state index in [1.807, 2.05) is 19.1 Å². The van der Waals surface area contributed by atoms with Gasteiger partial charge in [-0.1, -0.05) is 29.8 Å². The molecular formula is C14H15ClN4O. The number of carbonyl (C=O) groups is 1. The van der Waals surface area contributed by atoms with Gasteiger partial charge in [0.05, 0.1) is 5.56 Å². The Balaban J connectivity index is 2.04. The van der Waals surface area contributed by atoms with Crippen LogP contribution in [0.5, 0.6) is 0 Å². The number of amides is 1. The molecule has 3 N–H and O–H groups in total. The molecule has 2 rings (SSSR count). The molecule has 0 saturated carbocycles. The lowest BCUT2D eigenvalue weighted by atomic mass is 10.1. The van der Waals surface area contributed by atoms with Crippen LogP contribution in [0.25, 0.3) is 0 Å². The molecule has 0 aliphatic carbocycles. The number of aryl methyl sites for hydroxylation is 1. The molecular weight excluding hydrogens is 276 g/mol. The largest absolute Gasteiger partial charge is 0.369 e. The summed E-state index contributed by atoms with van der Waals surface area (Å²) in [5.74, 6) is -0.218. The van der Waals surface area contributed by atoms with Crippen molar-refractivity contribution < 1.29 is 4.79 Å². The lowest BCUT2D eigenvalue weighted by Gasteiger charge is -2.09. The number of primary amides is 1. The molecule has 0 unspecified atom stereocenters. The van der Waals surface area contributed by atoms with E-state index in [1.54, 1.807) is 0 Å². The minimum absolute atomic E-state index is 0.0769. The first-order valence-corrected chi connectivity index (χ1v) is 6.56. The Morgan fingerprint density at radius 1 is 1.45 bits per heavy atom. The zero-order chi connectivity index (χ0) is 14.5. The maximum Gasteiger partial charge on any atom is 0.254 e. The minimum Gasteiger partial charge on any atom is -0.369 e. The highest BCUT2D eigenvalue weighted by molar-refractivity contribution is 6.28. The number of nitrogens with one attached hydrogen (secondary N) is 1. The summed E-state index contributed by atoms with van der Waals surface area (Å²) in [4.78, 5) is 19.0. The summed E-state index contributed by atoms with van der Waals surface area (Å²) < 4.78 is 0. The zero-order valence-corrected chi connectivity index (χ0v) is 11.8. The van der Waals surface area contributed by atoms with Crippen molar-refractivity contribution in [3.05, 3.63) is 52.4 Å². The Hall–Kier alpha value is -2.14. The number of halogens is 1. The fourth-order valence-electron chi connectivity index (χ4n) is 1.87. The number of nitrogens with two attached hydrogens (primary N) is 1. The van der Waals surface area contributed by atoms with Crippen LogP contribution < -0.4 is 11.1 Å². The van der Waals surface area contributed by atoms with E-state index in [2.05, 4.69) is 27.4 Å². The second-order valence-corrected chi connectivity index (χ2v) is 4.77. The van der Waals surface area contributed by atoms with Crippen molar-refractivity contribution >= 4 is 23.3 Å². The first-order chi connectivity index (χ1) is 9.56. The molecule has 20 heavy (non-hydrogen) atoms. The number of rotatable bonds is 5. The Morgan fingerprint density at radius 3 is 2.95 bits per heavy atom. The number of benzene rings is 1. The summed E-state index contributed by atoms with van der Waals surface area (Å²) in [5, 5.41) is 3.14. The maximum atomic E-state index is 11.3. The van der Waals surface area contributed by atoms with Gasteiger partial charge in [0.25, 0.3) is 5.91 Å². The summed E-state index contributed by atoms with van der Waals surface area (Å²) in [5.41, 5.74) is 7.92. The van der Waals surface area contributed by atoms with E-state index in [0.717, 1.165) is 6.42 Å². The van der Waals surface area contributed by atoms with E-state index < -0.39 is 5.91 Å². The van der Waals surface area contributed by atoms with Gasteiger partial charge in [-0.3, -0.25) is 4.79 Å². The lowest BCUT2D eigenvalue weighted by molar-refractivity contribution is 0.100. The smallest absolute Gasteiger partial charge is 0.254 e. The number of anilines is 1. The maximum absolute atomic E-state index is 11.3. The highest BCUT2D eigenvalue weighted by atomic mass is 35.5. The molecule has 0 aliphatic heterocycles.